The molecule has 0 saturated heterocycles. The summed E-state index contributed by atoms with van der Waals surface area (Å²) < 4.78 is 10.9. The third-order valence-electron chi connectivity index (χ3n) is 8.63. The van der Waals surface area contributed by atoms with Gasteiger partial charge >= 0.3 is 12.1 Å². The van der Waals surface area contributed by atoms with E-state index in [0.29, 0.717) is 19.3 Å². The second-order valence-corrected chi connectivity index (χ2v) is 12.3. The third kappa shape index (κ3) is 10.3. The van der Waals surface area contributed by atoms with E-state index in [2.05, 4.69) is 34.1 Å². The topological polar surface area (TPSA) is 159 Å². The van der Waals surface area contributed by atoms with Crippen molar-refractivity contribution < 1.29 is 33.8 Å². The standard InChI is InChI=1S/C37H46N4O7/c1-3-12-27(21-33(43)41-37(25-42)18-10-11-19-37)34(44)39-29(20-28-22-38-31-17-9-8-16-30(28)31)24-47-35(45)32(13-4-2)40-36(46)48-23-26-14-6-5-7-15-26/h3-9,14-17,22,27,29,32,38,42H,1-2,10-13,18-21,23-25H2,(H,39,44)(H,40,46)(H,41,43). The first kappa shape index (κ1) is 35.9. The van der Waals surface area contributed by atoms with E-state index in [1.54, 1.807) is 6.08 Å². The molecule has 0 bridgehead atoms. The van der Waals surface area contributed by atoms with Crippen LogP contribution in [0.3, 0.4) is 0 Å². The second kappa shape index (κ2) is 17.9. The highest BCUT2D eigenvalue weighted by Gasteiger charge is 2.36. The number of rotatable bonds is 18. The lowest BCUT2D eigenvalue weighted by Gasteiger charge is -2.29. The number of nitrogens with one attached hydrogen (secondary N) is 4. The lowest BCUT2D eigenvalue weighted by molar-refractivity contribution is -0.147. The molecular weight excluding hydrogens is 612 g/mol. The van der Waals surface area contributed by atoms with Crippen molar-refractivity contribution in [1.82, 2.24) is 20.9 Å². The number of esters is 1. The van der Waals surface area contributed by atoms with Gasteiger partial charge in [-0.1, -0.05) is 73.5 Å². The quantitative estimate of drug-likeness (QED) is 0.0986. The highest BCUT2D eigenvalue weighted by molar-refractivity contribution is 5.87. The Morgan fingerprint density at radius 3 is 2.35 bits per heavy atom. The van der Waals surface area contributed by atoms with E-state index in [-0.39, 0.29) is 50.9 Å². The summed E-state index contributed by atoms with van der Waals surface area (Å²) in [4.78, 5) is 55.6. The van der Waals surface area contributed by atoms with Crippen LogP contribution in [0.4, 0.5) is 4.79 Å². The average molecular weight is 659 g/mol. The van der Waals surface area contributed by atoms with Crippen molar-refractivity contribution in [3.05, 3.63) is 97.2 Å². The predicted molar refractivity (Wildman–Crippen MR) is 183 cm³/mol. The van der Waals surface area contributed by atoms with E-state index in [1.165, 1.54) is 6.08 Å². The molecule has 1 aliphatic carbocycles. The van der Waals surface area contributed by atoms with Gasteiger partial charge in [0.05, 0.1) is 24.1 Å². The Kier molecular flexibility index (Phi) is 13.4. The van der Waals surface area contributed by atoms with E-state index in [4.69, 9.17) is 9.47 Å². The van der Waals surface area contributed by atoms with E-state index < -0.39 is 35.6 Å². The molecule has 1 fully saturated rings. The summed E-state index contributed by atoms with van der Waals surface area (Å²) in [5, 5.41) is 19.4. The minimum Gasteiger partial charge on any atom is -0.462 e. The molecule has 1 aromatic heterocycles. The fourth-order valence-electron chi connectivity index (χ4n) is 6.04. The summed E-state index contributed by atoms with van der Waals surface area (Å²) in [5.41, 5.74) is 1.97. The summed E-state index contributed by atoms with van der Waals surface area (Å²) in [5.74, 6) is -2.14. The molecule has 3 unspecified atom stereocenters. The molecule has 11 heteroatoms. The molecule has 48 heavy (non-hydrogen) atoms. The molecular formula is C37H46N4O7. The molecule has 0 radical (unpaired) electrons. The van der Waals surface area contributed by atoms with Crippen molar-refractivity contribution >= 4 is 34.8 Å². The number of carbonyl (C=O) groups excluding carboxylic acids is 4. The number of amides is 3. The van der Waals surface area contributed by atoms with Gasteiger partial charge in [-0.15, -0.1) is 13.2 Å². The van der Waals surface area contributed by atoms with Gasteiger partial charge in [-0.2, -0.15) is 0 Å². The Labute approximate surface area is 281 Å². The van der Waals surface area contributed by atoms with E-state index in [1.807, 2.05) is 60.8 Å². The largest absolute Gasteiger partial charge is 0.462 e. The zero-order valence-electron chi connectivity index (χ0n) is 27.2. The molecule has 256 valence electrons. The number of ether oxygens (including phenoxy) is 2. The van der Waals surface area contributed by atoms with E-state index in [9.17, 15) is 24.3 Å². The molecule has 0 spiro atoms. The van der Waals surface area contributed by atoms with Crippen LogP contribution >= 0.6 is 0 Å². The lowest BCUT2D eigenvalue weighted by atomic mass is 9.95. The maximum atomic E-state index is 13.6. The van der Waals surface area contributed by atoms with Crippen molar-refractivity contribution in [3.63, 3.8) is 0 Å². The Morgan fingerprint density at radius 2 is 1.65 bits per heavy atom. The minimum atomic E-state index is -1.05. The average Bonchev–Trinajstić information content (AvgIpc) is 3.73. The van der Waals surface area contributed by atoms with Crippen LogP contribution < -0.4 is 16.0 Å². The number of benzene rings is 2. The number of H-pyrrole nitrogens is 1. The van der Waals surface area contributed by atoms with Crippen LogP contribution in [0.2, 0.25) is 0 Å². The molecule has 3 aromatic rings. The van der Waals surface area contributed by atoms with Gasteiger partial charge in [0, 0.05) is 23.5 Å². The Hall–Kier alpha value is -4.90. The summed E-state index contributed by atoms with van der Waals surface area (Å²) in [6.45, 7) is 7.14. The number of hydrogen-bond acceptors (Lipinski definition) is 7. The van der Waals surface area contributed by atoms with Crippen LogP contribution in [0.5, 0.6) is 0 Å². The van der Waals surface area contributed by atoms with Gasteiger partial charge in [0.2, 0.25) is 11.8 Å². The van der Waals surface area contributed by atoms with Crippen LogP contribution in [0.1, 0.15) is 56.1 Å². The minimum absolute atomic E-state index is 0.0339. The van der Waals surface area contributed by atoms with Crippen LogP contribution in [-0.4, -0.2) is 64.8 Å². The van der Waals surface area contributed by atoms with Gasteiger partial charge in [-0.25, -0.2) is 9.59 Å². The number of fused-ring (bicyclic) bond motifs is 1. The molecule has 2 aromatic carbocycles. The SMILES string of the molecule is C=CCC(CC(=O)NC1(CO)CCCC1)C(=O)NC(COC(=O)C(CC=C)NC(=O)OCc1ccccc1)Cc1c[nH]c2ccccc12. The number of hydrogen-bond donors (Lipinski definition) is 5. The summed E-state index contributed by atoms with van der Waals surface area (Å²) in [6, 6.07) is 15.2. The highest BCUT2D eigenvalue weighted by atomic mass is 16.6. The van der Waals surface area contributed by atoms with Crippen molar-refractivity contribution in [2.45, 2.75) is 75.6 Å². The maximum Gasteiger partial charge on any atom is 0.408 e. The van der Waals surface area contributed by atoms with E-state index >= 15 is 0 Å². The first-order chi connectivity index (χ1) is 23.3. The maximum absolute atomic E-state index is 13.6. The first-order valence-electron chi connectivity index (χ1n) is 16.4. The molecule has 1 aliphatic rings. The summed E-state index contributed by atoms with van der Waals surface area (Å²) in [6.07, 6.45) is 7.96. The zero-order valence-corrected chi connectivity index (χ0v) is 27.2. The highest BCUT2D eigenvalue weighted by Crippen LogP contribution is 2.29. The van der Waals surface area contributed by atoms with Gasteiger partial charge in [-0.05, 0) is 49.3 Å². The molecule has 3 atom stereocenters. The third-order valence-corrected chi connectivity index (χ3v) is 8.63. The van der Waals surface area contributed by atoms with Crippen molar-refractivity contribution in [1.29, 1.82) is 0 Å². The number of aliphatic hydroxyl groups excluding tert-OH is 1. The van der Waals surface area contributed by atoms with Gasteiger partial charge in [0.25, 0.3) is 0 Å². The summed E-state index contributed by atoms with van der Waals surface area (Å²) in [7, 11) is 0. The van der Waals surface area contributed by atoms with Crippen molar-refractivity contribution in [3.8, 4) is 0 Å². The normalized spacial score (nSPS) is 15.4. The van der Waals surface area contributed by atoms with Gasteiger partial charge in [-0.3, -0.25) is 9.59 Å². The summed E-state index contributed by atoms with van der Waals surface area (Å²) >= 11 is 0. The van der Waals surface area contributed by atoms with Gasteiger partial charge in [0.15, 0.2) is 0 Å². The second-order valence-electron chi connectivity index (χ2n) is 12.3. The van der Waals surface area contributed by atoms with Crippen molar-refractivity contribution in [2.75, 3.05) is 13.2 Å². The van der Waals surface area contributed by atoms with Crippen LogP contribution in [0.15, 0.2) is 86.1 Å². The fourth-order valence-corrected chi connectivity index (χ4v) is 6.04. The number of aromatic amines is 1. The number of aliphatic hydroxyl groups is 1. The number of carbonyl (C=O) groups is 4. The molecule has 3 amide bonds. The van der Waals surface area contributed by atoms with Crippen LogP contribution in [0, 0.1) is 5.92 Å². The number of allylic oxidation sites excluding steroid dienone is 1. The van der Waals surface area contributed by atoms with E-state index in [0.717, 1.165) is 34.9 Å². The monoisotopic (exact) mass is 658 g/mol. The molecule has 11 nitrogen and oxygen atoms in total. The number of para-hydroxylation sites is 1. The molecule has 4 rings (SSSR count). The van der Waals surface area contributed by atoms with Crippen LogP contribution in [0.25, 0.3) is 10.9 Å². The molecule has 5 N–H and O–H groups in total. The predicted octanol–water partition coefficient (Wildman–Crippen LogP) is 4.61. The Morgan fingerprint density at radius 1 is 0.938 bits per heavy atom. The van der Waals surface area contributed by atoms with Crippen LogP contribution in [-0.2, 0) is 36.9 Å². The number of aromatic nitrogens is 1. The van der Waals surface area contributed by atoms with Gasteiger partial charge < -0.3 is 35.5 Å². The Balaban J connectivity index is 1.43. The number of alkyl carbamates (subject to hydrolysis) is 1. The Bertz CT molecular complexity index is 1550. The van der Waals surface area contributed by atoms with Crippen molar-refractivity contribution in [2.24, 2.45) is 5.92 Å². The molecule has 1 heterocycles. The zero-order chi connectivity index (χ0) is 34.4. The molecule has 1 saturated carbocycles. The van der Waals surface area contributed by atoms with Gasteiger partial charge in [0.1, 0.15) is 19.3 Å². The fraction of sp³-hybridized carbons (Fsp3) is 0.405. The first-order valence-corrected chi connectivity index (χ1v) is 16.4. The lowest BCUT2D eigenvalue weighted by Crippen LogP contribution is -2.50. The smallest absolute Gasteiger partial charge is 0.408 e. The molecule has 0 aliphatic heterocycles.